The third kappa shape index (κ3) is 205. The number of carbonyl (C=O) groups is 2. The summed E-state index contributed by atoms with van der Waals surface area (Å²) in [6, 6.07) is 0. The van der Waals surface area contributed by atoms with Crippen molar-refractivity contribution in [1.29, 1.82) is 0 Å². The summed E-state index contributed by atoms with van der Waals surface area (Å²) < 4.78 is 0. The zero-order valence-corrected chi connectivity index (χ0v) is 4.87. The summed E-state index contributed by atoms with van der Waals surface area (Å²) >= 11 is 0. The van der Waals surface area contributed by atoms with E-state index in [4.69, 9.17) is 24.9 Å². The molecule has 0 aromatic rings. The summed E-state index contributed by atoms with van der Waals surface area (Å²) in [7, 11) is 0. The van der Waals surface area contributed by atoms with Crippen molar-refractivity contribution in [2.45, 2.75) is 6.92 Å². The number of carboxylic acid groups (broad SMARTS) is 2. The minimum absolute atomic E-state index is 0.778. The smallest absolute Gasteiger partial charge is 0.329 e. The second-order valence-corrected chi connectivity index (χ2v) is 1.07. The second-order valence-electron chi connectivity index (χ2n) is 1.07. The molecule has 0 saturated heterocycles. The van der Waals surface area contributed by atoms with E-state index in [9.17, 15) is 0 Å². The molecule has 0 aliphatic heterocycles. The first-order valence-corrected chi connectivity index (χ1v) is 2.03. The van der Waals surface area contributed by atoms with Crippen LogP contribution >= 0.6 is 0 Å². The van der Waals surface area contributed by atoms with Gasteiger partial charge in [-0.05, 0) is 0 Å². The highest BCUT2D eigenvalue weighted by Gasteiger charge is 1.82. The van der Waals surface area contributed by atoms with Crippen LogP contribution in [-0.4, -0.2) is 33.9 Å². The first-order chi connectivity index (χ1) is 4.00. The van der Waals surface area contributed by atoms with Crippen molar-refractivity contribution in [2.24, 2.45) is 0 Å². The third-order valence-corrected chi connectivity index (χ3v) is 0.135. The Labute approximate surface area is 51.5 Å². The van der Waals surface area contributed by atoms with E-state index in [1.165, 1.54) is 0 Å². The molecule has 0 heterocycles. The van der Waals surface area contributed by atoms with Gasteiger partial charge in [-0.15, -0.1) is 0 Å². The van der Waals surface area contributed by atoms with Gasteiger partial charge in [0.1, 0.15) is 6.61 Å². The van der Waals surface area contributed by atoms with Crippen molar-refractivity contribution < 1.29 is 24.9 Å². The number of aliphatic hydroxyl groups is 1. The van der Waals surface area contributed by atoms with E-state index in [0.29, 0.717) is 0 Å². The molecular formula is C4H8O5. The van der Waals surface area contributed by atoms with Crippen molar-refractivity contribution in [1.82, 2.24) is 0 Å². The average Bonchev–Trinajstić information content (AvgIpc) is 1.65. The summed E-state index contributed by atoms with van der Waals surface area (Å²) in [6.07, 6.45) is 0. The topological polar surface area (TPSA) is 94.8 Å². The van der Waals surface area contributed by atoms with Crippen molar-refractivity contribution in [3.8, 4) is 0 Å². The van der Waals surface area contributed by atoms with E-state index < -0.39 is 18.5 Å². The van der Waals surface area contributed by atoms with Gasteiger partial charge >= 0.3 is 5.97 Å². The molecule has 0 saturated carbocycles. The molecular weight excluding hydrogens is 128 g/mol. The predicted molar refractivity (Wildman–Crippen MR) is 28.0 cm³/mol. The largest absolute Gasteiger partial charge is 0.481 e. The van der Waals surface area contributed by atoms with Crippen LogP contribution in [0.2, 0.25) is 0 Å². The number of rotatable bonds is 1. The highest BCUT2D eigenvalue weighted by Crippen LogP contribution is 1.48. The van der Waals surface area contributed by atoms with Crippen molar-refractivity contribution in [3.63, 3.8) is 0 Å². The molecule has 0 atom stereocenters. The number of hydrogen-bond donors (Lipinski definition) is 3. The maximum absolute atomic E-state index is 9.12. The van der Waals surface area contributed by atoms with Gasteiger partial charge in [-0.2, -0.15) is 0 Å². The summed E-state index contributed by atoms with van der Waals surface area (Å²) in [4.78, 5) is 18.1. The van der Waals surface area contributed by atoms with Gasteiger partial charge in [0, 0.05) is 6.92 Å². The highest BCUT2D eigenvalue weighted by atomic mass is 16.4. The van der Waals surface area contributed by atoms with Crippen LogP contribution in [0.25, 0.3) is 0 Å². The summed E-state index contributed by atoms with van der Waals surface area (Å²) in [6.45, 7) is 0.306. The fourth-order valence-electron chi connectivity index (χ4n) is 0. The lowest BCUT2D eigenvalue weighted by molar-refractivity contribution is -0.140. The Hall–Kier alpha value is -1.10. The normalized spacial score (nSPS) is 6.89. The number of carboxylic acids is 2. The van der Waals surface area contributed by atoms with E-state index >= 15 is 0 Å². The lowest BCUT2D eigenvalue weighted by atomic mass is 10.8. The minimum Gasteiger partial charge on any atom is -0.481 e. The minimum atomic E-state index is -1.19. The monoisotopic (exact) mass is 136 g/mol. The quantitative estimate of drug-likeness (QED) is 0.436. The zero-order chi connectivity index (χ0) is 7.86. The lowest BCUT2D eigenvalue weighted by Gasteiger charge is -1.72. The Morgan fingerprint density at radius 1 is 1.33 bits per heavy atom. The van der Waals surface area contributed by atoms with Gasteiger partial charge in [-0.25, -0.2) is 4.79 Å². The van der Waals surface area contributed by atoms with Gasteiger partial charge in [0.2, 0.25) is 0 Å². The van der Waals surface area contributed by atoms with Gasteiger partial charge < -0.3 is 15.3 Å². The Balaban J connectivity index is 0. The Morgan fingerprint density at radius 2 is 1.44 bits per heavy atom. The van der Waals surface area contributed by atoms with E-state index in [1.54, 1.807) is 0 Å². The lowest BCUT2D eigenvalue weighted by Crippen LogP contribution is -1.98. The van der Waals surface area contributed by atoms with Crippen LogP contribution in [0, 0.1) is 0 Å². The summed E-state index contributed by atoms with van der Waals surface area (Å²) in [5.74, 6) is -2.02. The van der Waals surface area contributed by atoms with E-state index in [1.807, 2.05) is 0 Å². The zero-order valence-electron chi connectivity index (χ0n) is 4.87. The Kier molecular flexibility index (Phi) is 8.28. The molecule has 0 spiro atoms. The molecule has 0 aliphatic rings. The van der Waals surface area contributed by atoms with Crippen molar-refractivity contribution in [2.75, 3.05) is 6.61 Å². The molecule has 0 aliphatic carbocycles. The Morgan fingerprint density at radius 3 is 1.44 bits per heavy atom. The van der Waals surface area contributed by atoms with Crippen LogP contribution in [0.1, 0.15) is 6.92 Å². The summed E-state index contributed by atoms with van der Waals surface area (Å²) in [5.41, 5.74) is 0. The summed E-state index contributed by atoms with van der Waals surface area (Å²) in [5, 5.41) is 22.4. The van der Waals surface area contributed by atoms with Crippen molar-refractivity contribution >= 4 is 11.9 Å². The maximum atomic E-state index is 9.12. The Bertz CT molecular complexity index is 93.1. The van der Waals surface area contributed by atoms with Crippen LogP contribution < -0.4 is 0 Å². The molecule has 0 unspecified atom stereocenters. The van der Waals surface area contributed by atoms with Crippen LogP contribution in [0.4, 0.5) is 0 Å². The molecule has 5 heteroatoms. The van der Waals surface area contributed by atoms with Crippen molar-refractivity contribution in [3.05, 3.63) is 0 Å². The molecule has 3 N–H and O–H groups in total. The number of hydrogen-bond acceptors (Lipinski definition) is 3. The molecule has 0 rings (SSSR count). The first-order valence-electron chi connectivity index (χ1n) is 2.03. The van der Waals surface area contributed by atoms with Crippen LogP contribution in [0.3, 0.4) is 0 Å². The van der Waals surface area contributed by atoms with Gasteiger partial charge in [0.05, 0.1) is 0 Å². The molecule has 5 nitrogen and oxygen atoms in total. The SMILES string of the molecule is CC(=O)O.O=C(O)CO. The molecule has 9 heavy (non-hydrogen) atoms. The standard InChI is InChI=1S/C2H4O3.C2H4O2/c3-1-2(4)5;1-2(3)4/h3H,1H2,(H,4,5);1H3,(H,3,4). The molecule has 0 aromatic heterocycles. The third-order valence-electron chi connectivity index (χ3n) is 0.135. The van der Waals surface area contributed by atoms with E-state index in [2.05, 4.69) is 0 Å². The fourth-order valence-corrected chi connectivity index (χ4v) is 0. The second kappa shape index (κ2) is 6.90. The van der Waals surface area contributed by atoms with Gasteiger partial charge in [-0.3, -0.25) is 4.79 Å². The van der Waals surface area contributed by atoms with Gasteiger partial charge in [-0.1, -0.05) is 0 Å². The van der Waals surface area contributed by atoms with E-state index in [-0.39, 0.29) is 0 Å². The fraction of sp³-hybridized carbons (Fsp3) is 0.500. The van der Waals surface area contributed by atoms with Crippen LogP contribution in [0.5, 0.6) is 0 Å². The molecule has 0 aromatic carbocycles. The van der Waals surface area contributed by atoms with Gasteiger partial charge in [0.25, 0.3) is 5.97 Å². The molecule has 0 radical (unpaired) electrons. The van der Waals surface area contributed by atoms with Crippen LogP contribution in [0.15, 0.2) is 0 Å². The molecule has 0 amide bonds. The number of aliphatic hydroxyl groups excluding tert-OH is 1. The van der Waals surface area contributed by atoms with Gasteiger partial charge in [0.15, 0.2) is 0 Å². The number of aliphatic carboxylic acids is 2. The first kappa shape index (κ1) is 10.8. The molecule has 0 bridgehead atoms. The average molecular weight is 136 g/mol. The molecule has 0 fully saturated rings. The highest BCUT2D eigenvalue weighted by molar-refractivity contribution is 5.67. The maximum Gasteiger partial charge on any atom is 0.329 e. The predicted octanol–water partition coefficient (Wildman–Crippen LogP) is -0.846. The van der Waals surface area contributed by atoms with E-state index in [0.717, 1.165) is 6.92 Å². The van der Waals surface area contributed by atoms with Crippen LogP contribution in [-0.2, 0) is 9.59 Å². The molecule has 54 valence electrons.